The molecular formula is C10H24N2O2. The van der Waals surface area contributed by atoms with Crippen LogP contribution < -0.4 is 5.32 Å². The van der Waals surface area contributed by atoms with Crippen molar-refractivity contribution < 1.29 is 9.84 Å². The van der Waals surface area contributed by atoms with Crippen LogP contribution in [0.3, 0.4) is 0 Å². The summed E-state index contributed by atoms with van der Waals surface area (Å²) in [6.07, 6.45) is 0.603. The largest absolute Gasteiger partial charge is 0.392 e. The van der Waals surface area contributed by atoms with Crippen molar-refractivity contribution in [2.75, 3.05) is 46.9 Å². The molecule has 14 heavy (non-hydrogen) atoms. The number of ether oxygens (including phenoxy) is 1. The Morgan fingerprint density at radius 1 is 1.43 bits per heavy atom. The Labute approximate surface area is 87.2 Å². The number of aliphatic hydroxyl groups excluding tert-OH is 1. The van der Waals surface area contributed by atoms with Crippen molar-refractivity contribution in [3.05, 3.63) is 0 Å². The van der Waals surface area contributed by atoms with Crippen LogP contribution in [0.2, 0.25) is 0 Å². The van der Waals surface area contributed by atoms with Gasteiger partial charge in [-0.25, -0.2) is 0 Å². The van der Waals surface area contributed by atoms with E-state index in [0.29, 0.717) is 6.54 Å². The molecule has 0 aliphatic rings. The molecule has 0 rings (SSSR count). The lowest BCUT2D eigenvalue weighted by atomic mass is 10.3. The highest BCUT2D eigenvalue weighted by Crippen LogP contribution is 1.86. The molecule has 0 fully saturated rings. The average molecular weight is 204 g/mol. The van der Waals surface area contributed by atoms with Gasteiger partial charge in [0.25, 0.3) is 0 Å². The molecule has 0 bridgehead atoms. The van der Waals surface area contributed by atoms with Crippen molar-refractivity contribution in [3.63, 3.8) is 0 Å². The standard InChI is InChI=1S/C10H24N2O2/c1-4-10(13)9-11-5-6-12(2)7-8-14-3/h10-11,13H,4-9H2,1-3H3. The van der Waals surface area contributed by atoms with Gasteiger partial charge in [0.1, 0.15) is 0 Å². The van der Waals surface area contributed by atoms with E-state index in [1.165, 1.54) is 0 Å². The Hall–Kier alpha value is -0.160. The van der Waals surface area contributed by atoms with Crippen LogP contribution in [0.15, 0.2) is 0 Å². The van der Waals surface area contributed by atoms with E-state index < -0.39 is 0 Å². The molecule has 0 saturated heterocycles. The second-order valence-electron chi connectivity index (χ2n) is 3.56. The summed E-state index contributed by atoms with van der Waals surface area (Å²) in [4.78, 5) is 2.20. The maximum atomic E-state index is 9.27. The molecule has 1 atom stereocenters. The molecule has 0 aromatic carbocycles. The lowest BCUT2D eigenvalue weighted by Crippen LogP contribution is -2.34. The molecule has 0 spiro atoms. The molecule has 0 heterocycles. The summed E-state index contributed by atoms with van der Waals surface area (Å²) in [6.45, 7) is 6.30. The minimum atomic E-state index is -0.209. The molecule has 2 N–H and O–H groups in total. The van der Waals surface area contributed by atoms with Crippen LogP contribution in [-0.2, 0) is 4.74 Å². The zero-order valence-corrected chi connectivity index (χ0v) is 9.62. The van der Waals surface area contributed by atoms with Gasteiger partial charge in [-0.05, 0) is 13.5 Å². The normalized spacial score (nSPS) is 13.5. The number of hydrogen-bond donors (Lipinski definition) is 2. The Bertz CT molecular complexity index is 123. The van der Waals surface area contributed by atoms with Crippen molar-refractivity contribution in [3.8, 4) is 0 Å². The van der Waals surface area contributed by atoms with Gasteiger partial charge in [-0.3, -0.25) is 0 Å². The van der Waals surface area contributed by atoms with E-state index in [0.717, 1.165) is 32.7 Å². The van der Waals surface area contributed by atoms with E-state index in [1.807, 2.05) is 6.92 Å². The van der Waals surface area contributed by atoms with Gasteiger partial charge in [0, 0.05) is 33.3 Å². The number of likely N-dealkylation sites (N-methyl/N-ethyl adjacent to an activating group) is 1. The molecule has 0 aromatic heterocycles. The van der Waals surface area contributed by atoms with E-state index in [9.17, 15) is 5.11 Å². The molecular weight excluding hydrogens is 180 g/mol. The van der Waals surface area contributed by atoms with Crippen LogP contribution in [0.5, 0.6) is 0 Å². The van der Waals surface area contributed by atoms with Crippen molar-refractivity contribution in [2.45, 2.75) is 19.4 Å². The van der Waals surface area contributed by atoms with E-state index in [1.54, 1.807) is 7.11 Å². The third-order valence-corrected chi connectivity index (χ3v) is 2.20. The summed E-state index contributed by atoms with van der Waals surface area (Å²) >= 11 is 0. The third kappa shape index (κ3) is 8.44. The lowest BCUT2D eigenvalue weighted by Gasteiger charge is -2.16. The van der Waals surface area contributed by atoms with Gasteiger partial charge >= 0.3 is 0 Å². The Morgan fingerprint density at radius 3 is 2.71 bits per heavy atom. The van der Waals surface area contributed by atoms with Gasteiger partial charge in [-0.15, -0.1) is 0 Å². The quantitative estimate of drug-likeness (QED) is 0.516. The van der Waals surface area contributed by atoms with Gasteiger partial charge in [0.05, 0.1) is 12.7 Å². The third-order valence-electron chi connectivity index (χ3n) is 2.20. The zero-order valence-electron chi connectivity index (χ0n) is 9.62. The van der Waals surface area contributed by atoms with Gasteiger partial charge in [0.15, 0.2) is 0 Å². The van der Waals surface area contributed by atoms with Crippen LogP contribution in [0.25, 0.3) is 0 Å². The number of aliphatic hydroxyl groups is 1. The molecule has 86 valence electrons. The summed E-state index contributed by atoms with van der Waals surface area (Å²) in [7, 11) is 3.78. The molecule has 0 aliphatic heterocycles. The molecule has 4 nitrogen and oxygen atoms in total. The smallest absolute Gasteiger partial charge is 0.0662 e. The van der Waals surface area contributed by atoms with Gasteiger partial charge in [0.2, 0.25) is 0 Å². The number of nitrogens with zero attached hydrogens (tertiary/aromatic N) is 1. The lowest BCUT2D eigenvalue weighted by molar-refractivity contribution is 0.154. The highest BCUT2D eigenvalue weighted by molar-refractivity contribution is 4.59. The molecule has 0 aliphatic carbocycles. The van der Waals surface area contributed by atoms with Crippen molar-refractivity contribution in [2.24, 2.45) is 0 Å². The van der Waals surface area contributed by atoms with Crippen LogP contribution in [0, 0.1) is 0 Å². The maximum Gasteiger partial charge on any atom is 0.0662 e. The van der Waals surface area contributed by atoms with Gasteiger partial charge in [-0.1, -0.05) is 6.92 Å². The zero-order chi connectivity index (χ0) is 10.8. The molecule has 0 radical (unpaired) electrons. The molecule has 0 saturated carbocycles. The average Bonchev–Trinajstić information content (AvgIpc) is 2.21. The van der Waals surface area contributed by atoms with Crippen molar-refractivity contribution >= 4 is 0 Å². The Kier molecular flexibility index (Phi) is 9.29. The second-order valence-corrected chi connectivity index (χ2v) is 3.56. The Morgan fingerprint density at radius 2 is 2.14 bits per heavy atom. The molecule has 1 unspecified atom stereocenters. The summed E-state index contributed by atoms with van der Waals surface area (Å²) in [5.41, 5.74) is 0. The number of methoxy groups -OCH3 is 1. The maximum absolute atomic E-state index is 9.27. The Balaban J connectivity index is 3.18. The molecule has 0 aromatic rings. The van der Waals surface area contributed by atoms with Crippen LogP contribution in [0.1, 0.15) is 13.3 Å². The van der Waals surface area contributed by atoms with E-state index >= 15 is 0 Å². The van der Waals surface area contributed by atoms with E-state index in [-0.39, 0.29) is 6.10 Å². The fourth-order valence-corrected chi connectivity index (χ4v) is 1.04. The summed E-state index contributed by atoms with van der Waals surface area (Å²) in [6, 6.07) is 0. The van der Waals surface area contributed by atoms with Gasteiger partial charge in [-0.2, -0.15) is 0 Å². The molecule has 0 amide bonds. The first-order chi connectivity index (χ1) is 6.70. The number of nitrogens with one attached hydrogen (secondary N) is 1. The summed E-state index contributed by atoms with van der Waals surface area (Å²) in [5.74, 6) is 0. The number of hydrogen-bond acceptors (Lipinski definition) is 4. The minimum absolute atomic E-state index is 0.209. The van der Waals surface area contributed by atoms with Crippen LogP contribution in [-0.4, -0.2) is 63.1 Å². The first-order valence-corrected chi connectivity index (χ1v) is 5.27. The highest BCUT2D eigenvalue weighted by atomic mass is 16.5. The monoisotopic (exact) mass is 204 g/mol. The molecule has 4 heteroatoms. The highest BCUT2D eigenvalue weighted by Gasteiger charge is 2.00. The predicted octanol–water partition coefficient (Wildman–Crippen LogP) is -0.0749. The van der Waals surface area contributed by atoms with E-state index in [4.69, 9.17) is 4.74 Å². The summed E-state index contributed by atoms with van der Waals surface area (Å²) < 4.78 is 4.97. The fourth-order valence-electron chi connectivity index (χ4n) is 1.04. The SMILES string of the molecule is CCC(O)CNCCN(C)CCOC. The van der Waals surface area contributed by atoms with Crippen molar-refractivity contribution in [1.29, 1.82) is 0 Å². The topological polar surface area (TPSA) is 44.7 Å². The van der Waals surface area contributed by atoms with Crippen LogP contribution in [0.4, 0.5) is 0 Å². The van der Waals surface area contributed by atoms with E-state index in [2.05, 4.69) is 17.3 Å². The van der Waals surface area contributed by atoms with Gasteiger partial charge < -0.3 is 20.1 Å². The van der Waals surface area contributed by atoms with Crippen molar-refractivity contribution in [1.82, 2.24) is 10.2 Å². The predicted molar refractivity (Wildman–Crippen MR) is 58.5 cm³/mol. The fraction of sp³-hybridized carbons (Fsp3) is 1.00. The number of rotatable bonds is 9. The van der Waals surface area contributed by atoms with Crippen LogP contribution >= 0.6 is 0 Å². The minimum Gasteiger partial charge on any atom is -0.392 e. The second kappa shape index (κ2) is 9.40. The first-order valence-electron chi connectivity index (χ1n) is 5.27. The first kappa shape index (κ1) is 13.8. The summed E-state index contributed by atoms with van der Waals surface area (Å²) in [5, 5.41) is 12.5.